The van der Waals surface area contributed by atoms with Crippen LogP contribution in [0.1, 0.15) is 117 Å². The largest absolute Gasteiger partial charge is 0.465 e. The molecule has 0 radical (unpaired) electrons. The minimum atomic E-state index is -0.129. The molecule has 1 rings (SSSR count). The van der Waals surface area contributed by atoms with E-state index in [1.54, 1.807) is 0 Å². The molecule has 1 fully saturated rings. The van der Waals surface area contributed by atoms with Gasteiger partial charge in [0.05, 0.1) is 6.61 Å². The van der Waals surface area contributed by atoms with Gasteiger partial charge in [-0.15, -0.1) is 0 Å². The van der Waals surface area contributed by atoms with Gasteiger partial charge in [0.1, 0.15) is 12.1 Å². The summed E-state index contributed by atoms with van der Waals surface area (Å²) in [5.74, 6) is -0.191. The molecule has 5 nitrogen and oxygen atoms in total. The maximum absolute atomic E-state index is 12.2. The zero-order chi connectivity index (χ0) is 21.2. The summed E-state index contributed by atoms with van der Waals surface area (Å²) in [4.78, 5) is 24.0. The molecule has 1 N–H and O–H groups in total. The van der Waals surface area contributed by atoms with Gasteiger partial charge in [0.25, 0.3) is 0 Å². The summed E-state index contributed by atoms with van der Waals surface area (Å²) < 4.78 is 11.1. The van der Waals surface area contributed by atoms with E-state index in [1.165, 1.54) is 38.5 Å². The second kappa shape index (κ2) is 17.7. The van der Waals surface area contributed by atoms with Crippen molar-refractivity contribution in [2.75, 3.05) is 13.2 Å². The van der Waals surface area contributed by atoms with E-state index in [-0.39, 0.29) is 24.1 Å². The van der Waals surface area contributed by atoms with Crippen molar-refractivity contribution in [3.05, 3.63) is 0 Å². The van der Waals surface area contributed by atoms with Gasteiger partial charge >= 0.3 is 11.9 Å². The van der Waals surface area contributed by atoms with Crippen molar-refractivity contribution in [2.24, 2.45) is 0 Å². The second-order valence-corrected chi connectivity index (χ2v) is 8.44. The third-order valence-corrected chi connectivity index (χ3v) is 5.67. The lowest BCUT2D eigenvalue weighted by molar-refractivity contribution is -0.150. The predicted octanol–water partition coefficient (Wildman–Crippen LogP) is 5.69. The zero-order valence-electron chi connectivity index (χ0n) is 19.0. The fourth-order valence-corrected chi connectivity index (χ4v) is 3.81. The Labute approximate surface area is 178 Å². The average Bonchev–Trinajstić information content (AvgIpc) is 3.25. The molecular formula is C24H45NO4. The number of ether oxygens (including phenoxy) is 2. The molecule has 170 valence electrons. The van der Waals surface area contributed by atoms with Crippen molar-refractivity contribution in [1.82, 2.24) is 5.32 Å². The molecule has 1 unspecified atom stereocenters. The first kappa shape index (κ1) is 25.9. The first-order valence-corrected chi connectivity index (χ1v) is 12.3. The van der Waals surface area contributed by atoms with Crippen LogP contribution in [0, 0.1) is 0 Å². The van der Waals surface area contributed by atoms with Gasteiger partial charge in [-0.25, -0.2) is 0 Å². The van der Waals surface area contributed by atoms with E-state index < -0.39 is 0 Å². The van der Waals surface area contributed by atoms with Crippen LogP contribution in [0.25, 0.3) is 0 Å². The van der Waals surface area contributed by atoms with Gasteiger partial charge in [0, 0.05) is 6.42 Å². The van der Waals surface area contributed by atoms with Gasteiger partial charge in [-0.05, 0) is 64.3 Å². The third-order valence-electron chi connectivity index (χ3n) is 5.67. The molecule has 1 aliphatic heterocycles. The van der Waals surface area contributed by atoms with Gasteiger partial charge in [-0.3, -0.25) is 9.59 Å². The summed E-state index contributed by atoms with van der Waals surface area (Å²) in [5.41, 5.74) is 0. The Balaban J connectivity index is 2.11. The van der Waals surface area contributed by atoms with E-state index in [2.05, 4.69) is 19.2 Å². The number of carbonyl (C=O) groups excluding carboxylic acids is 2. The lowest BCUT2D eigenvalue weighted by Gasteiger charge is -2.18. The SMILES string of the molecule is CCCCCCC(CCCCCC)OC(=O)CCCCCOC(=O)C1CCCN1. The number of esters is 2. The second-order valence-electron chi connectivity index (χ2n) is 8.44. The van der Waals surface area contributed by atoms with Crippen LogP contribution in [0.4, 0.5) is 0 Å². The van der Waals surface area contributed by atoms with E-state index in [1.807, 2.05) is 0 Å². The minimum absolute atomic E-state index is 0.0619. The summed E-state index contributed by atoms with van der Waals surface area (Å²) in [5, 5.41) is 3.15. The zero-order valence-corrected chi connectivity index (χ0v) is 19.0. The molecule has 1 heterocycles. The topological polar surface area (TPSA) is 64.6 Å². The van der Waals surface area contributed by atoms with E-state index in [0.29, 0.717) is 13.0 Å². The standard InChI is InChI=1S/C24H45NO4/c1-3-5-7-10-15-21(16-11-8-6-4-2)29-23(26)18-12-9-13-20-28-24(27)22-17-14-19-25-22/h21-22,25H,3-20H2,1-2H3. The van der Waals surface area contributed by atoms with Crippen molar-refractivity contribution >= 4 is 11.9 Å². The van der Waals surface area contributed by atoms with Crippen LogP contribution in [-0.2, 0) is 19.1 Å². The lowest BCUT2D eigenvalue weighted by Crippen LogP contribution is -2.32. The van der Waals surface area contributed by atoms with Crippen LogP contribution in [0.15, 0.2) is 0 Å². The number of rotatable bonds is 18. The van der Waals surface area contributed by atoms with E-state index >= 15 is 0 Å². The monoisotopic (exact) mass is 411 g/mol. The molecule has 0 amide bonds. The summed E-state index contributed by atoms with van der Waals surface area (Å²) in [6.07, 6.45) is 16.7. The highest BCUT2D eigenvalue weighted by atomic mass is 16.5. The molecule has 0 spiro atoms. The molecule has 0 aromatic rings. The molecule has 0 saturated carbocycles. The van der Waals surface area contributed by atoms with Crippen LogP contribution in [0.5, 0.6) is 0 Å². The van der Waals surface area contributed by atoms with Crippen molar-refractivity contribution in [1.29, 1.82) is 0 Å². The van der Waals surface area contributed by atoms with Gasteiger partial charge in [-0.1, -0.05) is 52.4 Å². The molecule has 29 heavy (non-hydrogen) atoms. The Morgan fingerprint density at radius 1 is 0.897 bits per heavy atom. The van der Waals surface area contributed by atoms with Gasteiger partial charge in [-0.2, -0.15) is 0 Å². The fraction of sp³-hybridized carbons (Fsp3) is 0.917. The molecule has 0 aliphatic carbocycles. The quantitative estimate of drug-likeness (QED) is 0.232. The van der Waals surface area contributed by atoms with Crippen LogP contribution < -0.4 is 5.32 Å². The van der Waals surface area contributed by atoms with Crippen molar-refractivity contribution in [3.8, 4) is 0 Å². The Kier molecular flexibility index (Phi) is 15.9. The van der Waals surface area contributed by atoms with Gasteiger partial charge in [0.15, 0.2) is 0 Å². The summed E-state index contributed by atoms with van der Waals surface area (Å²) >= 11 is 0. The summed E-state index contributed by atoms with van der Waals surface area (Å²) in [6, 6.07) is -0.114. The Morgan fingerprint density at radius 2 is 1.55 bits per heavy atom. The van der Waals surface area contributed by atoms with Crippen molar-refractivity contribution in [3.63, 3.8) is 0 Å². The molecule has 5 heteroatoms. The highest BCUT2D eigenvalue weighted by Gasteiger charge is 2.23. The average molecular weight is 412 g/mol. The molecule has 0 aromatic heterocycles. The molecule has 0 bridgehead atoms. The minimum Gasteiger partial charge on any atom is -0.465 e. The van der Waals surface area contributed by atoms with Crippen molar-refractivity contribution < 1.29 is 19.1 Å². The molecule has 1 atom stereocenters. The van der Waals surface area contributed by atoms with Crippen LogP contribution in [-0.4, -0.2) is 37.2 Å². The number of unbranched alkanes of at least 4 members (excludes halogenated alkanes) is 8. The number of hydrogen-bond acceptors (Lipinski definition) is 5. The van der Waals surface area contributed by atoms with Gasteiger partial charge < -0.3 is 14.8 Å². The fourth-order valence-electron chi connectivity index (χ4n) is 3.81. The number of carbonyl (C=O) groups is 2. The van der Waals surface area contributed by atoms with E-state index in [0.717, 1.165) is 64.3 Å². The molecule has 1 saturated heterocycles. The normalized spacial score (nSPS) is 16.3. The summed E-state index contributed by atoms with van der Waals surface area (Å²) in [6.45, 7) is 5.79. The van der Waals surface area contributed by atoms with Crippen LogP contribution >= 0.6 is 0 Å². The Bertz CT molecular complexity index is 409. The maximum Gasteiger partial charge on any atom is 0.323 e. The van der Waals surface area contributed by atoms with Crippen LogP contribution in [0.2, 0.25) is 0 Å². The predicted molar refractivity (Wildman–Crippen MR) is 118 cm³/mol. The molecular weight excluding hydrogens is 366 g/mol. The van der Waals surface area contributed by atoms with Gasteiger partial charge in [0.2, 0.25) is 0 Å². The maximum atomic E-state index is 12.2. The Hall–Kier alpha value is -1.10. The number of hydrogen-bond donors (Lipinski definition) is 1. The van der Waals surface area contributed by atoms with E-state index in [9.17, 15) is 9.59 Å². The first-order chi connectivity index (χ1) is 14.2. The lowest BCUT2D eigenvalue weighted by atomic mass is 10.0. The highest BCUT2D eigenvalue weighted by molar-refractivity contribution is 5.76. The smallest absolute Gasteiger partial charge is 0.323 e. The Morgan fingerprint density at radius 3 is 2.14 bits per heavy atom. The van der Waals surface area contributed by atoms with Crippen molar-refractivity contribution in [2.45, 2.75) is 129 Å². The third kappa shape index (κ3) is 13.7. The molecule has 0 aromatic carbocycles. The van der Waals surface area contributed by atoms with Crippen LogP contribution in [0.3, 0.4) is 0 Å². The van der Waals surface area contributed by atoms with E-state index in [4.69, 9.17) is 9.47 Å². The highest BCUT2D eigenvalue weighted by Crippen LogP contribution is 2.17. The summed E-state index contributed by atoms with van der Waals surface area (Å²) in [7, 11) is 0. The first-order valence-electron chi connectivity index (χ1n) is 12.3. The molecule has 1 aliphatic rings. The number of nitrogens with one attached hydrogen (secondary N) is 1.